The van der Waals surface area contributed by atoms with Crippen LogP contribution in [-0.2, 0) is 0 Å². The third-order valence-electron chi connectivity index (χ3n) is 2.95. The fourth-order valence-corrected chi connectivity index (χ4v) is 2.31. The Balaban J connectivity index is 1.93. The first-order valence-electron chi connectivity index (χ1n) is 6.86. The van der Waals surface area contributed by atoms with Crippen LogP contribution in [0.25, 0.3) is 0 Å². The number of benzene rings is 1. The van der Waals surface area contributed by atoms with Crippen LogP contribution in [0.1, 0.15) is 23.0 Å². The highest BCUT2D eigenvalue weighted by Gasteiger charge is 2.11. The second-order valence-electron chi connectivity index (χ2n) is 5.00. The zero-order chi connectivity index (χ0) is 16.1. The lowest BCUT2D eigenvalue weighted by atomic mass is 10.2. The van der Waals surface area contributed by atoms with Crippen molar-refractivity contribution in [3.05, 3.63) is 62.5 Å². The lowest BCUT2D eigenvalue weighted by Gasteiger charge is -2.16. The molecule has 0 bridgehead atoms. The van der Waals surface area contributed by atoms with Gasteiger partial charge < -0.3 is 15.0 Å². The van der Waals surface area contributed by atoms with Crippen LogP contribution >= 0.6 is 15.9 Å². The molecule has 0 saturated carbocycles. The molecule has 0 unspecified atom stereocenters. The molecule has 2 N–H and O–H groups in total. The minimum atomic E-state index is -0.330. The Morgan fingerprint density at radius 1 is 1.36 bits per heavy atom. The van der Waals surface area contributed by atoms with E-state index in [1.807, 2.05) is 31.2 Å². The predicted octanol–water partition coefficient (Wildman–Crippen LogP) is 2.64. The topological polar surface area (TPSA) is 71.2 Å². The Hall–Kier alpha value is -2.08. The molecule has 1 atom stereocenters. The second-order valence-corrected chi connectivity index (χ2v) is 5.86. The van der Waals surface area contributed by atoms with Gasteiger partial charge in [-0.1, -0.05) is 12.1 Å². The average Bonchev–Trinajstić information content (AvgIpc) is 2.46. The lowest BCUT2D eigenvalue weighted by molar-refractivity contribution is 0.0926. The second kappa shape index (κ2) is 7.26. The SMILES string of the molecule is Cc1cc(C(=O)NC[C@@H](C)Oc2ccccc2Br)[nH]c(=O)c1. The van der Waals surface area contributed by atoms with Gasteiger partial charge in [-0.3, -0.25) is 9.59 Å². The summed E-state index contributed by atoms with van der Waals surface area (Å²) < 4.78 is 6.60. The van der Waals surface area contributed by atoms with Crippen molar-refractivity contribution in [1.82, 2.24) is 10.3 Å². The summed E-state index contributed by atoms with van der Waals surface area (Å²) in [4.78, 5) is 25.9. The molecule has 6 heteroatoms. The highest BCUT2D eigenvalue weighted by atomic mass is 79.9. The summed E-state index contributed by atoms with van der Waals surface area (Å²) in [5, 5.41) is 2.74. The normalized spacial score (nSPS) is 11.8. The third kappa shape index (κ3) is 4.46. The minimum absolute atomic E-state index is 0.209. The number of aromatic amines is 1. The Bertz CT molecular complexity index is 727. The standard InChI is InChI=1S/C16H17BrN2O3/c1-10-7-13(19-15(20)8-10)16(21)18-9-11(2)22-14-6-4-3-5-12(14)17/h3-8,11H,9H2,1-2H3,(H,18,21)(H,19,20)/t11-/m1/s1. The van der Waals surface area contributed by atoms with Crippen LogP contribution in [0, 0.1) is 6.92 Å². The monoisotopic (exact) mass is 364 g/mol. The molecule has 0 radical (unpaired) electrons. The smallest absolute Gasteiger partial charge is 0.267 e. The van der Waals surface area contributed by atoms with E-state index in [-0.39, 0.29) is 23.3 Å². The summed E-state index contributed by atoms with van der Waals surface area (Å²) in [7, 11) is 0. The number of halogens is 1. The van der Waals surface area contributed by atoms with Crippen molar-refractivity contribution in [3.8, 4) is 5.75 Å². The van der Waals surface area contributed by atoms with Crippen LogP contribution in [0.2, 0.25) is 0 Å². The molecule has 1 aromatic carbocycles. The number of amides is 1. The molecular formula is C16H17BrN2O3. The highest BCUT2D eigenvalue weighted by Crippen LogP contribution is 2.24. The summed E-state index contributed by atoms with van der Waals surface area (Å²) in [5.41, 5.74) is 0.701. The minimum Gasteiger partial charge on any atom is -0.488 e. The van der Waals surface area contributed by atoms with Crippen molar-refractivity contribution in [2.75, 3.05) is 6.54 Å². The molecule has 116 valence electrons. The summed E-state index contributed by atoms with van der Waals surface area (Å²) in [6, 6.07) is 10.6. The van der Waals surface area contributed by atoms with Gasteiger partial charge in [0.2, 0.25) is 5.56 Å². The molecule has 1 amide bonds. The van der Waals surface area contributed by atoms with Crippen molar-refractivity contribution >= 4 is 21.8 Å². The molecule has 0 aliphatic heterocycles. The number of aromatic nitrogens is 1. The van der Waals surface area contributed by atoms with E-state index in [2.05, 4.69) is 26.2 Å². The van der Waals surface area contributed by atoms with E-state index in [0.717, 1.165) is 10.0 Å². The van der Waals surface area contributed by atoms with Gasteiger partial charge in [0.25, 0.3) is 5.91 Å². The molecule has 0 aliphatic carbocycles. The fraction of sp³-hybridized carbons (Fsp3) is 0.250. The number of hydrogen-bond acceptors (Lipinski definition) is 3. The summed E-state index contributed by atoms with van der Waals surface area (Å²) in [5.74, 6) is 0.386. The van der Waals surface area contributed by atoms with E-state index >= 15 is 0 Å². The molecule has 0 spiro atoms. The van der Waals surface area contributed by atoms with Crippen molar-refractivity contribution in [2.45, 2.75) is 20.0 Å². The number of ether oxygens (including phenoxy) is 1. The van der Waals surface area contributed by atoms with Crippen LogP contribution in [0.15, 0.2) is 45.7 Å². The number of pyridine rings is 1. The first kappa shape index (κ1) is 16.3. The first-order chi connectivity index (χ1) is 10.5. The van der Waals surface area contributed by atoms with E-state index in [1.54, 1.807) is 13.0 Å². The molecule has 1 aromatic heterocycles. The summed E-state index contributed by atoms with van der Waals surface area (Å²) >= 11 is 3.41. The van der Waals surface area contributed by atoms with Gasteiger partial charge in [-0.05, 0) is 53.5 Å². The molecule has 2 rings (SSSR count). The molecule has 22 heavy (non-hydrogen) atoms. The number of nitrogens with one attached hydrogen (secondary N) is 2. The number of H-pyrrole nitrogens is 1. The third-order valence-corrected chi connectivity index (χ3v) is 3.60. The van der Waals surface area contributed by atoms with Gasteiger partial charge in [0.15, 0.2) is 0 Å². The van der Waals surface area contributed by atoms with Crippen molar-refractivity contribution < 1.29 is 9.53 Å². The molecular weight excluding hydrogens is 348 g/mol. The predicted molar refractivity (Wildman–Crippen MR) is 88.4 cm³/mol. The Morgan fingerprint density at radius 3 is 2.77 bits per heavy atom. The van der Waals surface area contributed by atoms with Gasteiger partial charge in [0, 0.05) is 6.07 Å². The quantitative estimate of drug-likeness (QED) is 0.856. The van der Waals surface area contributed by atoms with Gasteiger partial charge in [-0.15, -0.1) is 0 Å². The molecule has 0 aliphatic rings. The van der Waals surface area contributed by atoms with Gasteiger partial charge in [0.05, 0.1) is 11.0 Å². The van der Waals surface area contributed by atoms with Crippen LogP contribution < -0.4 is 15.6 Å². The number of carbonyl (C=O) groups is 1. The summed E-state index contributed by atoms with van der Waals surface area (Å²) in [6.45, 7) is 3.96. The van der Waals surface area contributed by atoms with E-state index in [9.17, 15) is 9.59 Å². The van der Waals surface area contributed by atoms with E-state index in [4.69, 9.17) is 4.74 Å². The Morgan fingerprint density at radius 2 is 2.09 bits per heavy atom. The number of carbonyl (C=O) groups excluding carboxylic acids is 1. The number of aryl methyl sites for hydroxylation is 1. The molecule has 2 aromatic rings. The number of para-hydroxylation sites is 1. The van der Waals surface area contributed by atoms with E-state index in [1.165, 1.54) is 6.07 Å². The maximum Gasteiger partial charge on any atom is 0.267 e. The van der Waals surface area contributed by atoms with Gasteiger partial charge in [-0.2, -0.15) is 0 Å². The summed E-state index contributed by atoms with van der Waals surface area (Å²) in [6.07, 6.45) is -0.209. The lowest BCUT2D eigenvalue weighted by Crippen LogP contribution is -2.34. The van der Waals surface area contributed by atoms with Crippen molar-refractivity contribution in [2.24, 2.45) is 0 Å². The van der Waals surface area contributed by atoms with Crippen LogP contribution in [-0.4, -0.2) is 23.5 Å². The zero-order valence-electron chi connectivity index (χ0n) is 12.4. The number of rotatable bonds is 5. The van der Waals surface area contributed by atoms with Crippen LogP contribution in [0.4, 0.5) is 0 Å². The van der Waals surface area contributed by atoms with Crippen molar-refractivity contribution in [1.29, 1.82) is 0 Å². The molecule has 0 saturated heterocycles. The maximum absolute atomic E-state index is 12.0. The maximum atomic E-state index is 12.0. The average molecular weight is 365 g/mol. The zero-order valence-corrected chi connectivity index (χ0v) is 13.9. The van der Waals surface area contributed by atoms with E-state index in [0.29, 0.717) is 12.3 Å². The Kier molecular flexibility index (Phi) is 5.38. The van der Waals surface area contributed by atoms with Crippen LogP contribution in [0.3, 0.4) is 0 Å². The largest absolute Gasteiger partial charge is 0.488 e. The molecule has 0 fully saturated rings. The highest BCUT2D eigenvalue weighted by molar-refractivity contribution is 9.10. The fourth-order valence-electron chi connectivity index (χ4n) is 1.93. The van der Waals surface area contributed by atoms with Gasteiger partial charge in [-0.25, -0.2) is 0 Å². The molecule has 1 heterocycles. The van der Waals surface area contributed by atoms with Gasteiger partial charge in [0.1, 0.15) is 17.5 Å². The Labute approximate surface area is 136 Å². The van der Waals surface area contributed by atoms with Crippen molar-refractivity contribution in [3.63, 3.8) is 0 Å². The number of hydrogen-bond donors (Lipinski definition) is 2. The van der Waals surface area contributed by atoms with Gasteiger partial charge >= 0.3 is 0 Å². The first-order valence-corrected chi connectivity index (χ1v) is 7.65. The molecule has 5 nitrogen and oxygen atoms in total. The van der Waals surface area contributed by atoms with E-state index < -0.39 is 0 Å². The van der Waals surface area contributed by atoms with Crippen LogP contribution in [0.5, 0.6) is 5.75 Å².